The van der Waals surface area contributed by atoms with Gasteiger partial charge in [0.2, 0.25) is 0 Å². The van der Waals surface area contributed by atoms with Gasteiger partial charge in [0.05, 0.1) is 14.2 Å². The van der Waals surface area contributed by atoms with Gasteiger partial charge in [-0.05, 0) is 30.9 Å². The zero-order valence-corrected chi connectivity index (χ0v) is 10.1. The Morgan fingerprint density at radius 2 is 1.62 bits per heavy atom. The second-order valence-electron chi connectivity index (χ2n) is 4.38. The van der Waals surface area contributed by atoms with E-state index in [9.17, 15) is 0 Å². The summed E-state index contributed by atoms with van der Waals surface area (Å²) in [4.78, 5) is 0. The van der Waals surface area contributed by atoms with Crippen LogP contribution in [0.1, 0.15) is 42.9 Å². The lowest BCUT2D eigenvalue weighted by atomic mass is 9.80. The SMILES string of the molecule is COc1ccc(OC)c2c1C(C)CC[C@H]2N. The quantitative estimate of drug-likeness (QED) is 0.834. The van der Waals surface area contributed by atoms with E-state index in [2.05, 4.69) is 6.92 Å². The molecule has 0 heterocycles. The topological polar surface area (TPSA) is 44.5 Å². The van der Waals surface area contributed by atoms with Gasteiger partial charge in [-0.1, -0.05) is 6.92 Å². The van der Waals surface area contributed by atoms with E-state index in [0.29, 0.717) is 5.92 Å². The highest BCUT2D eigenvalue weighted by Gasteiger charge is 2.28. The van der Waals surface area contributed by atoms with Crippen LogP contribution in [0.4, 0.5) is 0 Å². The summed E-state index contributed by atoms with van der Waals surface area (Å²) in [5.74, 6) is 2.30. The maximum Gasteiger partial charge on any atom is 0.124 e. The van der Waals surface area contributed by atoms with Crippen LogP contribution in [0, 0.1) is 0 Å². The molecule has 0 saturated carbocycles. The molecule has 0 bridgehead atoms. The van der Waals surface area contributed by atoms with Crippen molar-refractivity contribution in [3.05, 3.63) is 23.3 Å². The normalized spacial score (nSPS) is 23.8. The summed E-state index contributed by atoms with van der Waals surface area (Å²) in [7, 11) is 3.39. The number of hydrogen-bond acceptors (Lipinski definition) is 3. The molecular weight excluding hydrogens is 202 g/mol. The number of nitrogens with two attached hydrogens (primary N) is 1. The van der Waals surface area contributed by atoms with Gasteiger partial charge in [0.25, 0.3) is 0 Å². The van der Waals surface area contributed by atoms with Gasteiger partial charge in [-0.2, -0.15) is 0 Å². The van der Waals surface area contributed by atoms with Crippen molar-refractivity contribution in [3.8, 4) is 11.5 Å². The van der Waals surface area contributed by atoms with E-state index in [4.69, 9.17) is 15.2 Å². The molecule has 16 heavy (non-hydrogen) atoms. The van der Waals surface area contributed by atoms with E-state index in [-0.39, 0.29) is 6.04 Å². The molecule has 2 N–H and O–H groups in total. The van der Waals surface area contributed by atoms with Crippen molar-refractivity contribution in [1.82, 2.24) is 0 Å². The van der Waals surface area contributed by atoms with Crippen LogP contribution in [0.5, 0.6) is 11.5 Å². The maximum atomic E-state index is 6.17. The molecule has 0 saturated heterocycles. The highest BCUT2D eigenvalue weighted by Crippen LogP contribution is 2.45. The van der Waals surface area contributed by atoms with Crippen molar-refractivity contribution in [2.24, 2.45) is 5.73 Å². The Hall–Kier alpha value is -1.22. The third kappa shape index (κ3) is 1.65. The number of methoxy groups -OCH3 is 2. The minimum atomic E-state index is 0.0660. The molecule has 88 valence electrons. The van der Waals surface area contributed by atoms with Crippen LogP contribution in [0.25, 0.3) is 0 Å². The van der Waals surface area contributed by atoms with Crippen LogP contribution in [-0.2, 0) is 0 Å². The number of fused-ring (bicyclic) bond motifs is 1. The fraction of sp³-hybridized carbons (Fsp3) is 0.538. The monoisotopic (exact) mass is 221 g/mol. The van der Waals surface area contributed by atoms with Crippen LogP contribution < -0.4 is 15.2 Å². The molecule has 1 unspecified atom stereocenters. The summed E-state index contributed by atoms with van der Waals surface area (Å²) in [5, 5.41) is 0. The van der Waals surface area contributed by atoms with E-state index in [1.54, 1.807) is 14.2 Å². The molecule has 0 amide bonds. The Morgan fingerprint density at radius 1 is 1.06 bits per heavy atom. The van der Waals surface area contributed by atoms with Crippen molar-refractivity contribution >= 4 is 0 Å². The van der Waals surface area contributed by atoms with Gasteiger partial charge in [0.15, 0.2) is 0 Å². The summed E-state index contributed by atoms with van der Waals surface area (Å²) in [6.07, 6.45) is 2.12. The third-order valence-electron chi connectivity index (χ3n) is 3.42. The first-order valence-corrected chi connectivity index (χ1v) is 5.69. The van der Waals surface area contributed by atoms with Crippen LogP contribution in [0.2, 0.25) is 0 Å². The van der Waals surface area contributed by atoms with Gasteiger partial charge in [0.1, 0.15) is 11.5 Å². The first kappa shape index (κ1) is 11.3. The highest BCUT2D eigenvalue weighted by atomic mass is 16.5. The lowest BCUT2D eigenvalue weighted by molar-refractivity contribution is 0.373. The van der Waals surface area contributed by atoms with Crippen molar-refractivity contribution in [2.75, 3.05) is 14.2 Å². The Bertz CT molecular complexity index is 353. The maximum absolute atomic E-state index is 6.17. The van der Waals surface area contributed by atoms with Crippen molar-refractivity contribution in [3.63, 3.8) is 0 Å². The molecule has 1 aliphatic carbocycles. The largest absolute Gasteiger partial charge is 0.496 e. The predicted octanol–water partition coefficient (Wildman–Crippen LogP) is 2.60. The molecule has 2 rings (SSSR count). The van der Waals surface area contributed by atoms with Crippen molar-refractivity contribution in [1.29, 1.82) is 0 Å². The van der Waals surface area contributed by atoms with Gasteiger partial charge in [0, 0.05) is 17.2 Å². The molecule has 0 spiro atoms. The predicted molar refractivity (Wildman–Crippen MR) is 64.1 cm³/mol. The van der Waals surface area contributed by atoms with Gasteiger partial charge in [-0.15, -0.1) is 0 Å². The molecule has 0 fully saturated rings. The summed E-state index contributed by atoms with van der Waals surface area (Å²) in [5.41, 5.74) is 8.52. The average molecular weight is 221 g/mol. The minimum absolute atomic E-state index is 0.0660. The Kier molecular flexibility index (Phi) is 3.06. The third-order valence-corrected chi connectivity index (χ3v) is 3.42. The lowest BCUT2D eigenvalue weighted by Crippen LogP contribution is -2.21. The highest BCUT2D eigenvalue weighted by molar-refractivity contribution is 5.53. The van der Waals surface area contributed by atoms with Crippen LogP contribution in [-0.4, -0.2) is 14.2 Å². The van der Waals surface area contributed by atoms with Crippen LogP contribution in [0.15, 0.2) is 12.1 Å². The van der Waals surface area contributed by atoms with Gasteiger partial charge in [-0.25, -0.2) is 0 Å². The molecule has 0 radical (unpaired) electrons. The molecule has 0 aromatic heterocycles. The number of hydrogen-bond donors (Lipinski definition) is 1. The van der Waals surface area contributed by atoms with E-state index in [1.165, 1.54) is 5.56 Å². The fourth-order valence-corrected chi connectivity index (χ4v) is 2.56. The Labute approximate surface area is 96.5 Å². The lowest BCUT2D eigenvalue weighted by Gasteiger charge is -2.30. The molecule has 3 nitrogen and oxygen atoms in total. The van der Waals surface area contributed by atoms with Crippen LogP contribution in [0.3, 0.4) is 0 Å². The summed E-state index contributed by atoms with van der Waals surface area (Å²) < 4.78 is 10.8. The number of ether oxygens (including phenoxy) is 2. The molecule has 0 aliphatic heterocycles. The van der Waals surface area contributed by atoms with E-state index >= 15 is 0 Å². The number of rotatable bonds is 2. The van der Waals surface area contributed by atoms with Crippen LogP contribution >= 0.6 is 0 Å². The Morgan fingerprint density at radius 3 is 2.19 bits per heavy atom. The zero-order valence-electron chi connectivity index (χ0n) is 10.1. The first-order chi connectivity index (χ1) is 7.69. The van der Waals surface area contributed by atoms with Gasteiger partial charge < -0.3 is 15.2 Å². The van der Waals surface area contributed by atoms with E-state index in [0.717, 1.165) is 29.9 Å². The molecule has 1 aromatic carbocycles. The number of benzene rings is 1. The summed E-state index contributed by atoms with van der Waals surface area (Å²) in [6.45, 7) is 2.21. The summed E-state index contributed by atoms with van der Waals surface area (Å²) in [6, 6.07) is 3.97. The van der Waals surface area contributed by atoms with Gasteiger partial charge in [-0.3, -0.25) is 0 Å². The minimum Gasteiger partial charge on any atom is -0.496 e. The zero-order chi connectivity index (χ0) is 11.7. The molecule has 3 heteroatoms. The first-order valence-electron chi connectivity index (χ1n) is 5.69. The molecule has 1 aliphatic rings. The van der Waals surface area contributed by atoms with Crippen molar-refractivity contribution < 1.29 is 9.47 Å². The second kappa shape index (κ2) is 4.34. The van der Waals surface area contributed by atoms with E-state index < -0.39 is 0 Å². The standard InChI is InChI=1S/C13H19NO2/c1-8-4-5-9(14)13-11(16-3)7-6-10(15-2)12(8)13/h6-9H,4-5,14H2,1-3H3/t8?,9-/m1/s1. The average Bonchev–Trinajstić information content (AvgIpc) is 2.32. The molecule has 1 aromatic rings. The smallest absolute Gasteiger partial charge is 0.124 e. The molecule has 2 atom stereocenters. The summed E-state index contributed by atoms with van der Waals surface area (Å²) >= 11 is 0. The van der Waals surface area contributed by atoms with Gasteiger partial charge >= 0.3 is 0 Å². The molecular formula is C13H19NO2. The Balaban J connectivity index is 2.63. The second-order valence-corrected chi connectivity index (χ2v) is 4.38. The van der Waals surface area contributed by atoms with Crippen molar-refractivity contribution in [2.45, 2.75) is 31.7 Å². The fourth-order valence-electron chi connectivity index (χ4n) is 2.56. The van der Waals surface area contributed by atoms with E-state index in [1.807, 2.05) is 12.1 Å².